The summed E-state index contributed by atoms with van der Waals surface area (Å²) in [4.78, 5) is 53.5. The number of nitrogen functional groups attached to an aromatic ring is 2. The van der Waals surface area contributed by atoms with Gasteiger partial charge in [0.2, 0.25) is 17.6 Å². The van der Waals surface area contributed by atoms with E-state index in [1.54, 1.807) is 18.3 Å². The summed E-state index contributed by atoms with van der Waals surface area (Å²) in [7, 11) is 2.94. The number of nitrogens with one attached hydrogen (secondary N) is 1. The Kier molecular flexibility index (Phi) is 11.5. The predicted octanol–water partition coefficient (Wildman–Crippen LogP) is 0.501. The molecule has 0 aliphatic heterocycles. The Bertz CT molecular complexity index is 1130. The lowest BCUT2D eigenvalue weighted by molar-refractivity contribution is -0.145. The number of methoxy groups -OCH3 is 2. The summed E-state index contributed by atoms with van der Waals surface area (Å²) in [6.07, 6.45) is 1.42. The van der Waals surface area contributed by atoms with Crippen molar-refractivity contribution in [2.24, 2.45) is 0 Å². The van der Waals surface area contributed by atoms with Crippen LogP contribution in [0.25, 0.3) is 0 Å². The second-order valence-electron chi connectivity index (χ2n) is 7.92. The molecule has 0 saturated heterocycles. The van der Waals surface area contributed by atoms with Gasteiger partial charge in [-0.25, -0.2) is 4.98 Å². The van der Waals surface area contributed by atoms with Gasteiger partial charge in [0.15, 0.2) is 11.5 Å². The summed E-state index contributed by atoms with van der Waals surface area (Å²) < 4.78 is 21.7. The van der Waals surface area contributed by atoms with E-state index in [2.05, 4.69) is 15.3 Å². The minimum absolute atomic E-state index is 0.00570. The van der Waals surface area contributed by atoms with Crippen molar-refractivity contribution in [2.75, 3.05) is 45.4 Å². The number of nitrogens with two attached hydrogens (primary N) is 2. The molecular formula is C24H31N5O9. The van der Waals surface area contributed by atoms with Gasteiger partial charge in [-0.3, -0.25) is 19.2 Å². The van der Waals surface area contributed by atoms with Crippen molar-refractivity contribution in [3.63, 3.8) is 0 Å². The maximum atomic E-state index is 11.9. The van der Waals surface area contributed by atoms with E-state index in [0.717, 1.165) is 5.56 Å². The van der Waals surface area contributed by atoms with Crippen LogP contribution in [0.15, 0.2) is 18.3 Å². The van der Waals surface area contributed by atoms with Gasteiger partial charge in [-0.1, -0.05) is 0 Å². The maximum Gasteiger partial charge on any atom is 0.322 e. The molecule has 0 aliphatic carbocycles. The molecule has 0 saturated carbocycles. The highest BCUT2D eigenvalue weighted by molar-refractivity contribution is 5.88. The zero-order chi connectivity index (χ0) is 28.1. The normalized spacial score (nSPS) is 10.4. The third kappa shape index (κ3) is 9.79. The van der Waals surface area contributed by atoms with Crippen molar-refractivity contribution < 1.29 is 43.2 Å². The number of Topliss-reactive ketones (excluding diaryl/α,β-unsaturated/α-hetero) is 1. The first kappa shape index (κ1) is 29.6. The van der Waals surface area contributed by atoms with Crippen LogP contribution in [-0.4, -0.2) is 72.7 Å². The number of esters is 1. The minimum atomic E-state index is -1.18. The largest absolute Gasteiger partial charge is 0.493 e. The Morgan fingerprint density at radius 2 is 1.63 bits per heavy atom. The first-order valence-electron chi connectivity index (χ1n) is 11.5. The first-order chi connectivity index (χ1) is 18.1. The highest BCUT2D eigenvalue weighted by atomic mass is 16.6. The zero-order valence-electron chi connectivity index (χ0n) is 21.2. The fourth-order valence-electron chi connectivity index (χ4n) is 3.22. The Morgan fingerprint density at radius 1 is 0.974 bits per heavy atom. The van der Waals surface area contributed by atoms with Crippen molar-refractivity contribution in [1.29, 1.82) is 0 Å². The topological polar surface area (TPSA) is 215 Å². The molecule has 38 heavy (non-hydrogen) atoms. The zero-order valence-corrected chi connectivity index (χ0v) is 21.2. The molecule has 0 spiro atoms. The van der Waals surface area contributed by atoms with Gasteiger partial charge in [0, 0.05) is 37.4 Å². The number of rotatable bonds is 16. The molecule has 0 aliphatic rings. The number of carbonyl (C=O) groups excluding carboxylic acids is 3. The molecule has 0 atom stereocenters. The minimum Gasteiger partial charge on any atom is -0.493 e. The number of nitrogens with zero attached hydrogens (tertiary/aromatic N) is 2. The number of aromatic nitrogens is 2. The van der Waals surface area contributed by atoms with E-state index in [0.29, 0.717) is 29.2 Å². The average Bonchev–Trinajstić information content (AvgIpc) is 2.89. The lowest BCUT2D eigenvalue weighted by Gasteiger charge is -2.16. The molecule has 0 bridgehead atoms. The Labute approximate surface area is 218 Å². The molecule has 6 N–H and O–H groups in total. The van der Waals surface area contributed by atoms with E-state index in [1.807, 2.05) is 0 Å². The summed E-state index contributed by atoms with van der Waals surface area (Å²) >= 11 is 0. The van der Waals surface area contributed by atoms with E-state index in [1.165, 1.54) is 14.2 Å². The van der Waals surface area contributed by atoms with Crippen LogP contribution in [0.5, 0.6) is 17.2 Å². The molecule has 0 fully saturated rings. The van der Waals surface area contributed by atoms with Gasteiger partial charge in [-0.2, -0.15) is 4.98 Å². The van der Waals surface area contributed by atoms with Crippen molar-refractivity contribution in [3.05, 3.63) is 29.5 Å². The van der Waals surface area contributed by atoms with Crippen LogP contribution in [0.1, 0.15) is 36.8 Å². The van der Waals surface area contributed by atoms with Crippen LogP contribution in [0.3, 0.4) is 0 Å². The van der Waals surface area contributed by atoms with Crippen molar-refractivity contribution in [2.45, 2.75) is 32.1 Å². The maximum absolute atomic E-state index is 11.9. The summed E-state index contributed by atoms with van der Waals surface area (Å²) in [6, 6.07) is 3.49. The van der Waals surface area contributed by atoms with Crippen molar-refractivity contribution in [1.82, 2.24) is 15.3 Å². The fraction of sp³-hybridized carbons (Fsp3) is 0.417. The summed E-state index contributed by atoms with van der Waals surface area (Å²) in [5.41, 5.74) is 12.9. The lowest BCUT2D eigenvalue weighted by atomic mass is 10.1. The van der Waals surface area contributed by atoms with E-state index in [-0.39, 0.29) is 56.4 Å². The molecule has 14 nitrogen and oxygen atoms in total. The lowest BCUT2D eigenvalue weighted by Crippen LogP contribution is -2.29. The summed E-state index contributed by atoms with van der Waals surface area (Å²) in [6.45, 7) is -0.607. The van der Waals surface area contributed by atoms with Crippen LogP contribution in [0.4, 0.5) is 11.8 Å². The van der Waals surface area contributed by atoms with E-state index < -0.39 is 24.4 Å². The smallest absolute Gasteiger partial charge is 0.322 e. The van der Waals surface area contributed by atoms with Gasteiger partial charge in [0.1, 0.15) is 31.4 Å². The number of ether oxygens (including phenoxy) is 4. The molecular weight excluding hydrogens is 502 g/mol. The predicted molar refractivity (Wildman–Crippen MR) is 134 cm³/mol. The standard InChI is InChI=1S/C24H31N5O9/c1-35-17-10-14(9-15-12-28-24(26)29-23(15)25)11-18(36-2)22(17)38-8-7-37-21(34)6-4-16(30)3-5-19(31)27-13-20(32)33/h10-12H,3-9,13H2,1-2H3,(H,27,31)(H,32,33)(H4,25,26,28,29). The number of carboxylic acids is 1. The molecule has 2 rings (SSSR count). The number of anilines is 2. The number of carboxylic acid groups (broad SMARTS) is 1. The van der Waals surface area contributed by atoms with Crippen LogP contribution < -0.4 is 31.0 Å². The monoisotopic (exact) mass is 533 g/mol. The van der Waals surface area contributed by atoms with Crippen LogP contribution >= 0.6 is 0 Å². The number of benzene rings is 1. The fourth-order valence-corrected chi connectivity index (χ4v) is 3.22. The van der Waals surface area contributed by atoms with Gasteiger partial charge in [-0.05, 0) is 17.7 Å². The third-order valence-corrected chi connectivity index (χ3v) is 5.10. The van der Waals surface area contributed by atoms with Crippen molar-refractivity contribution in [3.8, 4) is 17.2 Å². The average molecular weight is 534 g/mol. The molecule has 1 aromatic carbocycles. The van der Waals surface area contributed by atoms with Crippen molar-refractivity contribution >= 4 is 35.4 Å². The Hall–Kier alpha value is -4.62. The van der Waals surface area contributed by atoms with Gasteiger partial charge < -0.3 is 40.8 Å². The number of hydrogen-bond donors (Lipinski definition) is 4. The summed E-state index contributed by atoms with van der Waals surface area (Å²) in [5.74, 6) is -1.22. The number of aliphatic carboxylic acids is 1. The van der Waals surface area contributed by atoms with E-state index >= 15 is 0 Å². The van der Waals surface area contributed by atoms with Crippen LogP contribution in [-0.2, 0) is 30.3 Å². The second kappa shape index (κ2) is 14.8. The first-order valence-corrected chi connectivity index (χ1v) is 11.5. The SMILES string of the molecule is COc1cc(Cc2cnc(N)nc2N)cc(OC)c1OCCOC(=O)CCC(=O)CCC(=O)NCC(=O)O. The summed E-state index contributed by atoms with van der Waals surface area (Å²) in [5, 5.41) is 10.7. The third-order valence-electron chi connectivity index (χ3n) is 5.10. The van der Waals surface area contributed by atoms with Gasteiger partial charge in [0.05, 0.1) is 20.6 Å². The molecule has 1 heterocycles. The molecule has 1 aromatic heterocycles. The van der Waals surface area contributed by atoms with Crippen LogP contribution in [0.2, 0.25) is 0 Å². The van der Waals surface area contributed by atoms with E-state index in [9.17, 15) is 19.2 Å². The highest BCUT2D eigenvalue weighted by Crippen LogP contribution is 2.39. The molecule has 2 aromatic rings. The number of ketones is 1. The number of hydrogen-bond acceptors (Lipinski definition) is 12. The number of carbonyl (C=O) groups is 4. The Morgan fingerprint density at radius 3 is 2.24 bits per heavy atom. The van der Waals surface area contributed by atoms with Crippen LogP contribution in [0, 0.1) is 0 Å². The second-order valence-corrected chi connectivity index (χ2v) is 7.92. The Balaban J connectivity index is 1.81. The number of amides is 1. The molecule has 14 heteroatoms. The quantitative estimate of drug-likeness (QED) is 0.171. The van der Waals surface area contributed by atoms with Gasteiger partial charge in [-0.15, -0.1) is 0 Å². The molecule has 0 radical (unpaired) electrons. The van der Waals surface area contributed by atoms with E-state index in [4.69, 9.17) is 35.5 Å². The van der Waals surface area contributed by atoms with Gasteiger partial charge >= 0.3 is 11.9 Å². The highest BCUT2D eigenvalue weighted by Gasteiger charge is 2.16. The van der Waals surface area contributed by atoms with Gasteiger partial charge in [0.25, 0.3) is 0 Å². The molecule has 0 unspecified atom stereocenters. The molecule has 206 valence electrons. The molecule has 1 amide bonds.